The van der Waals surface area contributed by atoms with Crippen molar-refractivity contribution in [1.29, 1.82) is 5.26 Å². The molecule has 8 nitrogen and oxygen atoms in total. The van der Waals surface area contributed by atoms with E-state index >= 15 is 0 Å². The van der Waals surface area contributed by atoms with Crippen LogP contribution < -0.4 is 10.6 Å². The molecule has 0 spiro atoms. The maximum atomic E-state index is 12.9. The second kappa shape index (κ2) is 11.1. The van der Waals surface area contributed by atoms with Crippen LogP contribution in [0.3, 0.4) is 0 Å². The largest absolute Gasteiger partial charge is 0.368 e. The lowest BCUT2D eigenvalue weighted by atomic mass is 9.92. The Labute approximate surface area is 185 Å². The van der Waals surface area contributed by atoms with Crippen LogP contribution >= 0.6 is 0 Å². The molecule has 1 aromatic heterocycles. The second-order valence-electron chi connectivity index (χ2n) is 8.82. The van der Waals surface area contributed by atoms with Gasteiger partial charge in [-0.15, -0.1) is 0 Å². The summed E-state index contributed by atoms with van der Waals surface area (Å²) in [4.78, 5) is 20.1. The zero-order chi connectivity index (χ0) is 22.2. The highest BCUT2D eigenvalue weighted by Crippen LogP contribution is 2.25. The lowest BCUT2D eigenvalue weighted by molar-refractivity contribution is -0.116. The number of rotatable bonds is 7. The van der Waals surface area contributed by atoms with E-state index in [1.54, 1.807) is 24.0 Å². The van der Waals surface area contributed by atoms with Gasteiger partial charge in [-0.1, -0.05) is 31.4 Å². The van der Waals surface area contributed by atoms with Crippen molar-refractivity contribution in [3.63, 3.8) is 0 Å². The van der Waals surface area contributed by atoms with Crippen molar-refractivity contribution in [2.75, 3.05) is 25.0 Å². The molecule has 1 saturated carbocycles. The van der Waals surface area contributed by atoms with E-state index in [-0.39, 0.29) is 6.04 Å². The van der Waals surface area contributed by atoms with Gasteiger partial charge < -0.3 is 10.6 Å². The molecule has 2 aliphatic rings. The molecule has 0 bridgehead atoms. The summed E-state index contributed by atoms with van der Waals surface area (Å²) in [7, 11) is 1.74. The molecule has 1 aromatic rings. The summed E-state index contributed by atoms with van der Waals surface area (Å²) >= 11 is 0. The Morgan fingerprint density at radius 2 is 2.13 bits per heavy atom. The van der Waals surface area contributed by atoms with Crippen LogP contribution in [0.4, 0.5) is 5.82 Å². The maximum Gasteiger partial charge on any atom is 0.250 e. The number of piperidine rings is 1. The molecule has 1 aliphatic heterocycles. The molecule has 31 heavy (non-hydrogen) atoms. The molecular weight excluding hydrogens is 390 g/mol. The van der Waals surface area contributed by atoms with Gasteiger partial charge in [0.15, 0.2) is 5.92 Å². The van der Waals surface area contributed by atoms with Gasteiger partial charge in [-0.3, -0.25) is 19.4 Å². The fraction of sp³-hybridized carbons (Fsp3) is 0.652. The Morgan fingerprint density at radius 1 is 1.35 bits per heavy atom. The summed E-state index contributed by atoms with van der Waals surface area (Å²) < 4.78 is 1.56. The van der Waals surface area contributed by atoms with Crippen molar-refractivity contribution in [2.45, 2.75) is 64.0 Å². The number of aliphatic imine (C=N–C) groups is 1. The zero-order valence-electron chi connectivity index (χ0n) is 18.8. The minimum absolute atomic E-state index is 0.180. The van der Waals surface area contributed by atoms with Gasteiger partial charge in [-0.25, -0.2) is 0 Å². The van der Waals surface area contributed by atoms with E-state index in [0.717, 1.165) is 31.5 Å². The Morgan fingerprint density at radius 3 is 2.77 bits per heavy atom. The van der Waals surface area contributed by atoms with Crippen molar-refractivity contribution in [3.05, 3.63) is 24.4 Å². The summed E-state index contributed by atoms with van der Waals surface area (Å²) in [6, 6.07) is 4.69. The third-order valence-electron chi connectivity index (χ3n) is 6.15. The molecule has 2 heterocycles. The van der Waals surface area contributed by atoms with E-state index < -0.39 is 11.8 Å². The van der Waals surface area contributed by atoms with Gasteiger partial charge in [0.2, 0.25) is 0 Å². The summed E-state index contributed by atoms with van der Waals surface area (Å²) in [5.41, 5.74) is 0.885. The number of carbonyl (C=O) groups excluding carboxylic acids is 1. The van der Waals surface area contributed by atoms with Gasteiger partial charge in [0.25, 0.3) is 5.91 Å². The molecule has 1 saturated heterocycles. The van der Waals surface area contributed by atoms with Gasteiger partial charge in [0.05, 0.1) is 18.8 Å². The van der Waals surface area contributed by atoms with E-state index in [1.807, 2.05) is 6.92 Å². The number of amides is 1. The molecule has 0 unspecified atom stereocenters. The second-order valence-corrected chi connectivity index (χ2v) is 8.82. The highest BCUT2D eigenvalue weighted by Gasteiger charge is 2.31. The Balaban J connectivity index is 1.70. The van der Waals surface area contributed by atoms with Gasteiger partial charge in [0.1, 0.15) is 11.7 Å². The quantitative estimate of drug-likeness (QED) is 0.398. The minimum Gasteiger partial charge on any atom is -0.368 e. The number of aromatic nitrogens is 2. The van der Waals surface area contributed by atoms with Crippen LogP contribution in [0.5, 0.6) is 0 Å². The topological polar surface area (TPSA) is 98.3 Å². The molecule has 2 fully saturated rings. The zero-order valence-corrected chi connectivity index (χ0v) is 18.8. The fourth-order valence-corrected chi connectivity index (χ4v) is 4.49. The van der Waals surface area contributed by atoms with E-state index in [4.69, 9.17) is 0 Å². The monoisotopic (exact) mass is 425 g/mol. The first-order valence-corrected chi connectivity index (χ1v) is 11.4. The molecular formula is C23H35N7O. The first kappa shape index (κ1) is 23.0. The summed E-state index contributed by atoms with van der Waals surface area (Å²) in [5, 5.41) is 20.2. The molecule has 0 aromatic carbocycles. The number of likely N-dealkylation sites (tertiary alicyclic amines) is 1. The Kier molecular flexibility index (Phi) is 8.24. The van der Waals surface area contributed by atoms with Crippen molar-refractivity contribution in [1.82, 2.24) is 20.0 Å². The third-order valence-corrected chi connectivity index (χ3v) is 6.15. The van der Waals surface area contributed by atoms with Gasteiger partial charge in [0, 0.05) is 31.7 Å². The number of hydrogen-bond acceptors (Lipinski definition) is 5. The number of anilines is 1. The lowest BCUT2D eigenvalue weighted by Crippen LogP contribution is -2.53. The smallest absolute Gasteiger partial charge is 0.250 e. The molecule has 3 rings (SSSR count). The normalized spacial score (nSPS) is 21.8. The minimum atomic E-state index is -1.01. The molecule has 2 N–H and O–H groups in total. The van der Waals surface area contributed by atoms with Gasteiger partial charge >= 0.3 is 0 Å². The molecule has 168 valence electrons. The Hall–Kier alpha value is -2.66. The number of hydrogen-bond donors (Lipinski definition) is 2. The third kappa shape index (κ3) is 6.41. The Bertz CT molecular complexity index is 831. The fourth-order valence-electron chi connectivity index (χ4n) is 4.49. The van der Waals surface area contributed by atoms with Crippen LogP contribution in [-0.2, 0) is 11.8 Å². The highest BCUT2D eigenvalue weighted by molar-refractivity contribution is 6.10. The molecule has 0 radical (unpaired) electrons. The standard InChI is InChI=1S/C23H35N7O/c1-17(2)15-25-22(20(14-24)23(31)28-21-11-12-26-29(21)3)27-18-8-7-13-30(16-18)19-9-5-4-6-10-19/h11-12,18-20H,1,4-10,13,15-16H2,2-3H3,(H,25,27)(H,28,31)/t18-,20-/m1/s1. The van der Waals surface area contributed by atoms with E-state index in [1.165, 1.54) is 32.1 Å². The van der Waals surface area contributed by atoms with E-state index in [0.29, 0.717) is 24.2 Å². The van der Waals surface area contributed by atoms with Crippen LogP contribution in [0, 0.1) is 17.2 Å². The lowest BCUT2D eigenvalue weighted by Gasteiger charge is -2.40. The number of nitrogens with one attached hydrogen (secondary N) is 2. The van der Waals surface area contributed by atoms with Crippen molar-refractivity contribution >= 4 is 17.6 Å². The van der Waals surface area contributed by atoms with Crippen LogP contribution in [0.25, 0.3) is 0 Å². The molecule has 8 heteroatoms. The average molecular weight is 426 g/mol. The number of aryl methyl sites for hydroxylation is 1. The van der Waals surface area contributed by atoms with Crippen LogP contribution in [0.2, 0.25) is 0 Å². The highest BCUT2D eigenvalue weighted by atomic mass is 16.2. The van der Waals surface area contributed by atoms with Crippen LogP contribution in [-0.4, -0.2) is 58.1 Å². The number of nitrogens with zero attached hydrogens (tertiary/aromatic N) is 5. The van der Waals surface area contributed by atoms with Crippen molar-refractivity contribution < 1.29 is 4.79 Å². The number of amidine groups is 1. The SMILES string of the molecule is C=C(C)CN=C(N[C@@H]1CCCN(C2CCCCC2)C1)[C@@H](C#N)C(=O)Nc1ccnn1C. The predicted molar refractivity (Wildman–Crippen MR) is 123 cm³/mol. The molecule has 2 atom stereocenters. The molecule has 1 amide bonds. The first-order valence-electron chi connectivity index (χ1n) is 11.4. The number of carbonyl (C=O) groups is 1. The van der Waals surface area contributed by atoms with Crippen molar-refractivity contribution in [2.24, 2.45) is 18.0 Å². The van der Waals surface area contributed by atoms with Crippen molar-refractivity contribution in [3.8, 4) is 6.07 Å². The van der Waals surface area contributed by atoms with Gasteiger partial charge in [-0.05, 0) is 39.2 Å². The summed E-state index contributed by atoms with van der Waals surface area (Å²) in [6.45, 7) is 8.25. The summed E-state index contributed by atoms with van der Waals surface area (Å²) in [6.07, 6.45) is 10.3. The first-order chi connectivity index (χ1) is 15.0. The maximum absolute atomic E-state index is 12.9. The van der Waals surface area contributed by atoms with Crippen LogP contribution in [0.1, 0.15) is 51.9 Å². The summed E-state index contributed by atoms with van der Waals surface area (Å²) in [5.74, 6) is -0.440. The predicted octanol–water partition coefficient (Wildman–Crippen LogP) is 2.86. The van der Waals surface area contributed by atoms with Crippen LogP contribution in [0.15, 0.2) is 29.4 Å². The van der Waals surface area contributed by atoms with E-state index in [2.05, 4.69) is 38.3 Å². The average Bonchev–Trinajstić information content (AvgIpc) is 3.17. The molecule has 1 aliphatic carbocycles. The van der Waals surface area contributed by atoms with E-state index in [9.17, 15) is 10.1 Å². The number of nitriles is 1. The van der Waals surface area contributed by atoms with Gasteiger partial charge in [-0.2, -0.15) is 10.4 Å².